The minimum atomic E-state index is -1.26. The lowest BCUT2D eigenvalue weighted by molar-refractivity contribution is -0.149. The molecule has 3 nitrogen and oxygen atoms in total. The smallest absolute Gasteiger partial charge is 0.311 e. The highest BCUT2D eigenvalue weighted by Crippen LogP contribution is 2.31. The summed E-state index contributed by atoms with van der Waals surface area (Å²) in [5.74, 6) is -2.18. The van der Waals surface area contributed by atoms with Crippen LogP contribution in [0.25, 0.3) is 0 Å². The van der Waals surface area contributed by atoms with Crippen molar-refractivity contribution in [2.24, 2.45) is 17.1 Å². The average Bonchev–Trinajstić information content (AvgIpc) is 2.32. The maximum atomic E-state index is 13.6. The molecule has 5 heteroatoms. The second-order valence-corrected chi connectivity index (χ2v) is 5.30. The Morgan fingerprint density at radius 1 is 1.42 bits per heavy atom. The van der Waals surface area contributed by atoms with E-state index in [1.165, 1.54) is 0 Å². The number of carboxylic acid groups (broad SMARTS) is 1. The molecule has 3 N–H and O–H groups in total. The first kappa shape index (κ1) is 15.6. The molecule has 106 valence electrons. The topological polar surface area (TPSA) is 63.3 Å². The maximum absolute atomic E-state index is 13.6. The highest BCUT2D eigenvalue weighted by atomic mass is 19.1. The van der Waals surface area contributed by atoms with Crippen LogP contribution in [0, 0.1) is 23.0 Å². The Labute approximate surface area is 111 Å². The average molecular weight is 271 g/mol. The molecule has 0 aliphatic heterocycles. The number of halogens is 2. The summed E-state index contributed by atoms with van der Waals surface area (Å²) in [6, 6.07) is 3.04. The van der Waals surface area contributed by atoms with Crippen LogP contribution in [-0.2, 0) is 11.2 Å². The van der Waals surface area contributed by atoms with Gasteiger partial charge in [0.1, 0.15) is 11.6 Å². The molecule has 1 atom stereocenters. The van der Waals surface area contributed by atoms with Crippen molar-refractivity contribution in [1.82, 2.24) is 0 Å². The Kier molecular flexibility index (Phi) is 5.00. The van der Waals surface area contributed by atoms with Gasteiger partial charge in [-0.1, -0.05) is 13.8 Å². The van der Waals surface area contributed by atoms with Gasteiger partial charge in [-0.15, -0.1) is 0 Å². The van der Waals surface area contributed by atoms with E-state index in [9.17, 15) is 18.7 Å². The zero-order valence-corrected chi connectivity index (χ0v) is 11.1. The van der Waals surface area contributed by atoms with Crippen LogP contribution in [-0.4, -0.2) is 17.6 Å². The number of benzene rings is 1. The predicted molar refractivity (Wildman–Crippen MR) is 68.6 cm³/mol. The van der Waals surface area contributed by atoms with E-state index in [0.717, 1.165) is 18.2 Å². The first-order valence-electron chi connectivity index (χ1n) is 6.18. The Balaban J connectivity index is 3.13. The van der Waals surface area contributed by atoms with E-state index < -0.39 is 23.0 Å². The van der Waals surface area contributed by atoms with E-state index in [-0.39, 0.29) is 24.4 Å². The Hall–Kier alpha value is -1.49. The van der Waals surface area contributed by atoms with Gasteiger partial charge in [0.15, 0.2) is 0 Å². The van der Waals surface area contributed by atoms with Gasteiger partial charge >= 0.3 is 5.97 Å². The van der Waals surface area contributed by atoms with Crippen molar-refractivity contribution in [2.75, 3.05) is 6.54 Å². The molecular weight excluding hydrogens is 252 g/mol. The van der Waals surface area contributed by atoms with Gasteiger partial charge < -0.3 is 10.8 Å². The van der Waals surface area contributed by atoms with Crippen molar-refractivity contribution in [3.05, 3.63) is 35.4 Å². The van der Waals surface area contributed by atoms with Gasteiger partial charge in [0, 0.05) is 6.54 Å². The van der Waals surface area contributed by atoms with Crippen molar-refractivity contribution in [1.29, 1.82) is 0 Å². The van der Waals surface area contributed by atoms with E-state index in [1.54, 1.807) is 0 Å². The number of nitrogens with two attached hydrogens (primary N) is 1. The lowest BCUT2D eigenvalue weighted by atomic mass is 9.75. The molecule has 0 amide bonds. The van der Waals surface area contributed by atoms with Gasteiger partial charge in [0.05, 0.1) is 5.41 Å². The lowest BCUT2D eigenvalue weighted by Crippen LogP contribution is -2.42. The zero-order valence-electron chi connectivity index (χ0n) is 11.1. The molecule has 0 aromatic heterocycles. The molecule has 0 aliphatic rings. The third kappa shape index (κ3) is 3.73. The molecule has 0 radical (unpaired) electrons. The summed E-state index contributed by atoms with van der Waals surface area (Å²) in [4.78, 5) is 11.5. The summed E-state index contributed by atoms with van der Waals surface area (Å²) in [6.07, 6.45) is 0.204. The van der Waals surface area contributed by atoms with Gasteiger partial charge in [0.2, 0.25) is 0 Å². The molecule has 19 heavy (non-hydrogen) atoms. The number of rotatable bonds is 6. The summed E-state index contributed by atoms with van der Waals surface area (Å²) in [6.45, 7) is 3.63. The predicted octanol–water partition coefficient (Wildman–Crippen LogP) is 2.58. The van der Waals surface area contributed by atoms with Gasteiger partial charge in [-0.05, 0) is 42.5 Å². The number of hydrogen-bond acceptors (Lipinski definition) is 2. The molecule has 0 bridgehead atoms. The standard InChI is InChI=1S/C14H19F2NO2/c1-9(2)6-14(8-17,13(18)19)7-10-5-11(15)3-4-12(10)16/h3-5,9H,6-8,17H2,1-2H3,(H,18,19). The Morgan fingerprint density at radius 3 is 2.53 bits per heavy atom. The summed E-state index contributed by atoms with van der Waals surface area (Å²) < 4.78 is 26.8. The van der Waals surface area contributed by atoms with Gasteiger partial charge in [-0.25, -0.2) is 8.78 Å². The monoisotopic (exact) mass is 271 g/mol. The number of aliphatic carboxylic acids is 1. The zero-order chi connectivity index (χ0) is 14.6. The van der Waals surface area contributed by atoms with E-state index in [0.29, 0.717) is 6.42 Å². The molecule has 0 fully saturated rings. The molecule has 0 spiro atoms. The fourth-order valence-electron chi connectivity index (χ4n) is 2.30. The normalized spacial score (nSPS) is 14.4. The SMILES string of the molecule is CC(C)CC(CN)(Cc1cc(F)ccc1F)C(=O)O. The lowest BCUT2D eigenvalue weighted by Gasteiger charge is -2.30. The maximum Gasteiger partial charge on any atom is 0.311 e. The Bertz CT molecular complexity index is 463. The third-order valence-corrected chi connectivity index (χ3v) is 3.18. The number of hydrogen-bond donors (Lipinski definition) is 2. The van der Waals surface area contributed by atoms with Crippen LogP contribution in [0.3, 0.4) is 0 Å². The molecule has 0 aliphatic carbocycles. The number of carboxylic acids is 1. The fraction of sp³-hybridized carbons (Fsp3) is 0.500. The van der Waals surface area contributed by atoms with Crippen LogP contribution in [0.15, 0.2) is 18.2 Å². The fourth-order valence-corrected chi connectivity index (χ4v) is 2.30. The van der Waals surface area contributed by atoms with Crippen LogP contribution in [0.2, 0.25) is 0 Å². The van der Waals surface area contributed by atoms with Gasteiger partial charge in [-0.2, -0.15) is 0 Å². The summed E-state index contributed by atoms with van der Waals surface area (Å²) in [5.41, 5.74) is 4.38. The van der Waals surface area contributed by atoms with Crippen molar-refractivity contribution >= 4 is 5.97 Å². The first-order chi connectivity index (χ1) is 8.80. The van der Waals surface area contributed by atoms with Crippen LogP contribution < -0.4 is 5.73 Å². The van der Waals surface area contributed by atoms with Crippen molar-refractivity contribution < 1.29 is 18.7 Å². The van der Waals surface area contributed by atoms with E-state index >= 15 is 0 Å². The molecule has 1 aromatic rings. The van der Waals surface area contributed by atoms with E-state index in [2.05, 4.69) is 0 Å². The van der Waals surface area contributed by atoms with Crippen LogP contribution in [0.5, 0.6) is 0 Å². The van der Waals surface area contributed by atoms with E-state index in [1.807, 2.05) is 13.8 Å². The molecule has 1 unspecified atom stereocenters. The van der Waals surface area contributed by atoms with Crippen molar-refractivity contribution in [3.8, 4) is 0 Å². The van der Waals surface area contributed by atoms with Gasteiger partial charge in [0.25, 0.3) is 0 Å². The highest BCUT2D eigenvalue weighted by Gasteiger charge is 2.38. The van der Waals surface area contributed by atoms with Crippen LogP contribution in [0.4, 0.5) is 8.78 Å². The van der Waals surface area contributed by atoms with Crippen molar-refractivity contribution in [3.63, 3.8) is 0 Å². The second kappa shape index (κ2) is 6.10. The first-order valence-corrected chi connectivity index (χ1v) is 6.18. The van der Waals surface area contributed by atoms with Crippen LogP contribution >= 0.6 is 0 Å². The Morgan fingerprint density at radius 2 is 2.05 bits per heavy atom. The summed E-state index contributed by atoms with van der Waals surface area (Å²) >= 11 is 0. The van der Waals surface area contributed by atoms with Crippen LogP contribution in [0.1, 0.15) is 25.8 Å². The molecule has 1 aromatic carbocycles. The molecule has 1 rings (SSSR count). The van der Waals surface area contributed by atoms with Gasteiger partial charge in [-0.3, -0.25) is 4.79 Å². The third-order valence-electron chi connectivity index (χ3n) is 3.18. The molecule has 0 saturated heterocycles. The minimum Gasteiger partial charge on any atom is -0.481 e. The molecular formula is C14H19F2NO2. The van der Waals surface area contributed by atoms with E-state index in [4.69, 9.17) is 5.73 Å². The molecule has 0 saturated carbocycles. The number of carbonyl (C=O) groups is 1. The highest BCUT2D eigenvalue weighted by molar-refractivity contribution is 5.75. The quantitative estimate of drug-likeness (QED) is 0.836. The van der Waals surface area contributed by atoms with Crippen molar-refractivity contribution in [2.45, 2.75) is 26.7 Å². The summed E-state index contributed by atoms with van der Waals surface area (Å²) in [7, 11) is 0. The largest absolute Gasteiger partial charge is 0.481 e. The minimum absolute atomic E-state index is 0.0495. The second-order valence-electron chi connectivity index (χ2n) is 5.30. The molecule has 0 heterocycles. The summed E-state index contributed by atoms with van der Waals surface area (Å²) in [5, 5.41) is 9.40.